The zero-order chi connectivity index (χ0) is 19.3. The van der Waals surface area contributed by atoms with E-state index in [0.29, 0.717) is 6.42 Å². The highest BCUT2D eigenvalue weighted by Crippen LogP contribution is 2.37. The minimum absolute atomic E-state index is 0.301. The summed E-state index contributed by atoms with van der Waals surface area (Å²) in [5.74, 6) is 0.789. The fraction of sp³-hybridized carbons (Fsp3) is 0.429. The Bertz CT molecular complexity index is 1020. The molecular formula is C21H24N4O3. The van der Waals surface area contributed by atoms with E-state index in [0.717, 1.165) is 47.6 Å². The third-order valence-corrected chi connectivity index (χ3v) is 6.05. The molecule has 2 aliphatic rings. The average molecular weight is 380 g/mol. The molecule has 146 valence electrons. The van der Waals surface area contributed by atoms with Crippen molar-refractivity contribution >= 4 is 11.0 Å². The molecule has 7 nitrogen and oxygen atoms in total. The third kappa shape index (κ3) is 2.78. The van der Waals surface area contributed by atoms with Crippen molar-refractivity contribution in [2.75, 3.05) is 6.54 Å². The Hall–Kier alpha value is -2.48. The van der Waals surface area contributed by atoms with E-state index >= 15 is 0 Å². The summed E-state index contributed by atoms with van der Waals surface area (Å²) >= 11 is 0. The van der Waals surface area contributed by atoms with Crippen LogP contribution in [-0.4, -0.2) is 49.6 Å². The molecule has 7 heteroatoms. The third-order valence-electron chi connectivity index (χ3n) is 6.05. The highest BCUT2D eigenvalue weighted by Gasteiger charge is 2.44. The van der Waals surface area contributed by atoms with Crippen LogP contribution in [-0.2, 0) is 13.0 Å². The number of aliphatic hydroxyl groups is 2. The van der Waals surface area contributed by atoms with Gasteiger partial charge in [-0.2, -0.15) is 0 Å². The molecule has 3 heterocycles. The number of hydrogen-bond acceptors (Lipinski definition) is 6. The second-order valence-corrected chi connectivity index (χ2v) is 7.68. The van der Waals surface area contributed by atoms with Gasteiger partial charge in [0.1, 0.15) is 36.0 Å². The zero-order valence-electron chi connectivity index (χ0n) is 15.7. The van der Waals surface area contributed by atoms with Gasteiger partial charge < -0.3 is 24.8 Å². The summed E-state index contributed by atoms with van der Waals surface area (Å²) in [6, 6.07) is 7.72. The number of aromatic nitrogens is 3. The second-order valence-electron chi connectivity index (χ2n) is 7.68. The molecule has 1 fully saturated rings. The summed E-state index contributed by atoms with van der Waals surface area (Å²) in [6.07, 6.45) is 2.55. The van der Waals surface area contributed by atoms with Crippen LogP contribution in [0.4, 0.5) is 0 Å². The van der Waals surface area contributed by atoms with Gasteiger partial charge in [-0.3, -0.25) is 0 Å². The van der Waals surface area contributed by atoms with Crippen LogP contribution in [0.3, 0.4) is 0 Å². The van der Waals surface area contributed by atoms with E-state index in [-0.39, 0.29) is 6.04 Å². The number of nitrogens with one attached hydrogen (secondary N) is 1. The Balaban J connectivity index is 1.43. The highest BCUT2D eigenvalue weighted by molar-refractivity contribution is 5.78. The number of ether oxygens (including phenoxy) is 1. The fourth-order valence-electron chi connectivity index (χ4n) is 4.48. The first-order valence-electron chi connectivity index (χ1n) is 9.76. The Morgan fingerprint density at radius 2 is 2.07 bits per heavy atom. The molecule has 0 spiro atoms. The first kappa shape index (κ1) is 17.6. The fourth-order valence-corrected chi connectivity index (χ4v) is 4.48. The van der Waals surface area contributed by atoms with E-state index in [4.69, 9.17) is 4.74 Å². The Kier molecular flexibility index (Phi) is 4.30. The monoisotopic (exact) mass is 380 g/mol. The van der Waals surface area contributed by atoms with Crippen molar-refractivity contribution in [3.05, 3.63) is 53.6 Å². The van der Waals surface area contributed by atoms with E-state index in [2.05, 4.69) is 21.4 Å². The van der Waals surface area contributed by atoms with Gasteiger partial charge in [0.15, 0.2) is 0 Å². The van der Waals surface area contributed by atoms with Gasteiger partial charge in [0.2, 0.25) is 0 Å². The molecule has 2 aromatic heterocycles. The first-order chi connectivity index (χ1) is 13.6. The number of rotatable bonds is 3. The van der Waals surface area contributed by atoms with Crippen molar-refractivity contribution in [1.82, 2.24) is 19.9 Å². The maximum Gasteiger partial charge on any atom is 0.143 e. The summed E-state index contributed by atoms with van der Waals surface area (Å²) in [7, 11) is 0. The van der Waals surface area contributed by atoms with Crippen LogP contribution >= 0.6 is 0 Å². The first-order valence-corrected chi connectivity index (χ1v) is 9.76. The lowest BCUT2D eigenvalue weighted by Crippen LogP contribution is -2.34. The number of aliphatic hydroxyl groups excluding tert-OH is 2. The van der Waals surface area contributed by atoms with Gasteiger partial charge in [-0.15, -0.1) is 0 Å². The van der Waals surface area contributed by atoms with Gasteiger partial charge in [0.05, 0.1) is 11.7 Å². The molecule has 3 N–H and O–H groups in total. The molecule has 0 amide bonds. The molecule has 1 aliphatic heterocycles. The summed E-state index contributed by atoms with van der Waals surface area (Å²) in [5, 5.41) is 25.7. The van der Waals surface area contributed by atoms with Crippen LogP contribution in [0, 0.1) is 6.92 Å². The molecular weight excluding hydrogens is 356 g/mol. The van der Waals surface area contributed by atoms with Gasteiger partial charge in [-0.1, -0.05) is 12.1 Å². The molecule has 4 atom stereocenters. The van der Waals surface area contributed by atoms with Crippen molar-refractivity contribution in [2.24, 2.45) is 0 Å². The number of aryl methyl sites for hydroxylation is 1. The molecule has 0 unspecified atom stereocenters. The molecule has 0 radical (unpaired) electrons. The number of hydrogen-bond donors (Lipinski definition) is 3. The molecule has 1 aliphatic carbocycles. The van der Waals surface area contributed by atoms with Crippen LogP contribution in [0.5, 0.6) is 5.75 Å². The average Bonchev–Trinajstić information content (AvgIpc) is 3.26. The summed E-state index contributed by atoms with van der Waals surface area (Å²) in [6.45, 7) is 3.66. The van der Waals surface area contributed by atoms with E-state index in [1.807, 2.05) is 35.9 Å². The number of nitrogens with zero attached hydrogens (tertiary/aromatic N) is 3. The van der Waals surface area contributed by atoms with Crippen molar-refractivity contribution in [1.29, 1.82) is 0 Å². The maximum atomic E-state index is 10.7. The van der Waals surface area contributed by atoms with Crippen molar-refractivity contribution in [3.63, 3.8) is 0 Å². The summed E-state index contributed by atoms with van der Waals surface area (Å²) in [4.78, 5) is 8.61. The molecule has 0 saturated heterocycles. The Morgan fingerprint density at radius 1 is 1.18 bits per heavy atom. The van der Waals surface area contributed by atoms with E-state index in [1.165, 1.54) is 11.9 Å². The van der Waals surface area contributed by atoms with E-state index in [1.54, 1.807) is 0 Å². The van der Waals surface area contributed by atoms with Crippen molar-refractivity contribution in [2.45, 2.75) is 50.7 Å². The topological polar surface area (TPSA) is 92.4 Å². The molecule has 0 bridgehead atoms. The zero-order valence-corrected chi connectivity index (χ0v) is 15.7. The Labute approximate surface area is 163 Å². The van der Waals surface area contributed by atoms with Crippen molar-refractivity contribution in [3.8, 4) is 5.75 Å². The lowest BCUT2D eigenvalue weighted by Gasteiger charge is -2.24. The second kappa shape index (κ2) is 6.84. The maximum absolute atomic E-state index is 10.7. The lowest BCUT2D eigenvalue weighted by molar-refractivity contribution is -0.0166. The van der Waals surface area contributed by atoms with Crippen LogP contribution < -0.4 is 10.1 Å². The Morgan fingerprint density at radius 3 is 2.96 bits per heavy atom. The van der Waals surface area contributed by atoms with Gasteiger partial charge >= 0.3 is 0 Å². The van der Waals surface area contributed by atoms with E-state index < -0.39 is 18.3 Å². The minimum atomic E-state index is -0.960. The van der Waals surface area contributed by atoms with Crippen LogP contribution in [0.1, 0.15) is 29.3 Å². The smallest absolute Gasteiger partial charge is 0.143 e. The molecule has 1 saturated carbocycles. The summed E-state index contributed by atoms with van der Waals surface area (Å²) < 4.78 is 8.16. The number of benzene rings is 1. The van der Waals surface area contributed by atoms with Gasteiger partial charge in [0, 0.05) is 30.1 Å². The minimum Gasteiger partial charge on any atom is -0.487 e. The highest BCUT2D eigenvalue weighted by atomic mass is 16.5. The quantitative estimate of drug-likeness (QED) is 0.638. The number of fused-ring (bicyclic) bond motifs is 2. The van der Waals surface area contributed by atoms with Crippen LogP contribution in [0.15, 0.2) is 36.8 Å². The normalized spacial score (nSPS) is 27.1. The molecule has 1 aromatic carbocycles. The SMILES string of the molecule is Cc1ncnc2c1ccn2[C@@H]1C[C@H](Oc2cccc3c2CNCC3)[C@@H](O)[C@H]1O. The standard InChI is InChI=1S/C21H24N4O3/c1-12-14-6-8-25(21(14)24-11-23-12)16-9-18(20(27)19(16)26)28-17-4-2-3-13-5-7-22-10-15(13)17/h2-4,6,8,11,16,18-20,22,26-27H,5,7,9-10H2,1H3/t16-,18+,19+,20-/m1/s1. The lowest BCUT2D eigenvalue weighted by atomic mass is 10.0. The van der Waals surface area contributed by atoms with Crippen molar-refractivity contribution < 1.29 is 14.9 Å². The van der Waals surface area contributed by atoms with Crippen LogP contribution in [0.2, 0.25) is 0 Å². The van der Waals surface area contributed by atoms with E-state index in [9.17, 15) is 10.2 Å². The van der Waals surface area contributed by atoms with Gasteiger partial charge in [0.25, 0.3) is 0 Å². The molecule has 28 heavy (non-hydrogen) atoms. The van der Waals surface area contributed by atoms with Gasteiger partial charge in [-0.25, -0.2) is 9.97 Å². The predicted molar refractivity (Wildman–Crippen MR) is 104 cm³/mol. The van der Waals surface area contributed by atoms with Crippen LogP contribution in [0.25, 0.3) is 11.0 Å². The molecule has 5 rings (SSSR count). The largest absolute Gasteiger partial charge is 0.487 e. The predicted octanol–water partition coefficient (Wildman–Crippen LogP) is 1.50. The molecule has 3 aromatic rings. The van der Waals surface area contributed by atoms with Gasteiger partial charge in [-0.05, 0) is 37.6 Å². The summed E-state index contributed by atoms with van der Waals surface area (Å²) in [5.41, 5.74) is 4.09.